The van der Waals surface area contributed by atoms with Crippen molar-refractivity contribution in [3.8, 4) is 0 Å². The second-order valence-corrected chi connectivity index (χ2v) is 6.90. The van der Waals surface area contributed by atoms with E-state index in [4.69, 9.17) is 0 Å². The molecule has 1 fully saturated rings. The van der Waals surface area contributed by atoms with Gasteiger partial charge in [-0.05, 0) is 25.3 Å². The second-order valence-electron chi connectivity index (χ2n) is 6.90. The van der Waals surface area contributed by atoms with Crippen LogP contribution in [0.1, 0.15) is 60.8 Å². The topological polar surface area (TPSA) is 97.1 Å². The number of hydrogen-bond acceptors (Lipinski definition) is 6. The van der Waals surface area contributed by atoms with E-state index in [2.05, 4.69) is 24.7 Å². The maximum atomic E-state index is 12.6. The average molecular weight is 369 g/mol. The molecule has 9 nitrogen and oxygen atoms in total. The number of amides is 2. The van der Waals surface area contributed by atoms with E-state index >= 15 is 0 Å². The molecule has 27 heavy (non-hydrogen) atoms. The van der Waals surface area contributed by atoms with Crippen LogP contribution in [0.2, 0.25) is 0 Å². The van der Waals surface area contributed by atoms with Gasteiger partial charge in [0.15, 0.2) is 11.6 Å². The number of likely N-dealkylation sites (tertiary alicyclic amines) is 1. The number of carbonyl (C=O) groups is 2. The lowest BCUT2D eigenvalue weighted by molar-refractivity contribution is -0.135. The molecule has 2 aromatic rings. The van der Waals surface area contributed by atoms with Crippen LogP contribution >= 0.6 is 0 Å². The number of carbonyl (C=O) groups excluding carboxylic acids is 2. The smallest absolute Gasteiger partial charge is 0.273 e. The first-order valence-corrected chi connectivity index (χ1v) is 9.45. The van der Waals surface area contributed by atoms with Crippen LogP contribution in [0.3, 0.4) is 0 Å². The quantitative estimate of drug-likeness (QED) is 0.806. The van der Waals surface area contributed by atoms with Gasteiger partial charge < -0.3 is 14.4 Å². The molecule has 0 bridgehead atoms. The average Bonchev–Trinajstić information content (AvgIpc) is 3.16. The highest BCUT2D eigenvalue weighted by Gasteiger charge is 2.34. The zero-order chi connectivity index (χ0) is 18.8. The van der Waals surface area contributed by atoms with Gasteiger partial charge in [0.25, 0.3) is 5.91 Å². The molecule has 2 aliphatic rings. The van der Waals surface area contributed by atoms with Gasteiger partial charge in [0.2, 0.25) is 5.91 Å². The summed E-state index contributed by atoms with van der Waals surface area (Å²) >= 11 is 0. The standard InChI is InChI=1S/C18H23N7O2/c1-2-16(26)24-8-4-3-5-14(24)17-22-21-15-11-23(9-10-25(15)17)18(27)13-6-7-19-12-20-13/h6-7,12,14H,2-5,8-11H2,1H3/t14-/m0/s1. The van der Waals surface area contributed by atoms with Crippen LogP contribution in [0.4, 0.5) is 0 Å². The third kappa shape index (κ3) is 3.29. The first-order valence-electron chi connectivity index (χ1n) is 9.45. The van der Waals surface area contributed by atoms with Crippen molar-refractivity contribution in [1.29, 1.82) is 0 Å². The molecule has 142 valence electrons. The molecule has 0 N–H and O–H groups in total. The summed E-state index contributed by atoms with van der Waals surface area (Å²) in [6.45, 7) is 4.25. The van der Waals surface area contributed by atoms with E-state index in [0.29, 0.717) is 31.7 Å². The lowest BCUT2D eigenvalue weighted by Crippen LogP contribution is -2.42. The Bertz CT molecular complexity index is 835. The summed E-state index contributed by atoms with van der Waals surface area (Å²) in [4.78, 5) is 36.5. The number of fused-ring (bicyclic) bond motifs is 1. The fourth-order valence-electron chi connectivity index (χ4n) is 3.88. The first-order chi connectivity index (χ1) is 13.2. The molecule has 2 aromatic heterocycles. The third-order valence-corrected chi connectivity index (χ3v) is 5.29. The molecule has 4 heterocycles. The van der Waals surface area contributed by atoms with E-state index < -0.39 is 0 Å². The summed E-state index contributed by atoms with van der Waals surface area (Å²) in [5, 5.41) is 8.74. The predicted molar refractivity (Wildman–Crippen MR) is 95.4 cm³/mol. The molecule has 1 atom stereocenters. The van der Waals surface area contributed by atoms with Gasteiger partial charge in [0.05, 0.1) is 12.6 Å². The van der Waals surface area contributed by atoms with Crippen LogP contribution in [0.5, 0.6) is 0 Å². The van der Waals surface area contributed by atoms with Gasteiger partial charge in [-0.25, -0.2) is 9.97 Å². The maximum Gasteiger partial charge on any atom is 0.273 e. The van der Waals surface area contributed by atoms with E-state index in [1.165, 1.54) is 6.33 Å². The highest BCUT2D eigenvalue weighted by molar-refractivity contribution is 5.92. The normalized spacial score (nSPS) is 19.7. The molecule has 0 unspecified atom stereocenters. The predicted octanol–water partition coefficient (Wildman–Crippen LogP) is 1.19. The van der Waals surface area contributed by atoms with Crippen LogP contribution < -0.4 is 0 Å². The van der Waals surface area contributed by atoms with Crippen molar-refractivity contribution in [2.24, 2.45) is 0 Å². The van der Waals surface area contributed by atoms with Crippen LogP contribution in [0.15, 0.2) is 18.6 Å². The van der Waals surface area contributed by atoms with E-state index in [9.17, 15) is 9.59 Å². The number of piperidine rings is 1. The van der Waals surface area contributed by atoms with Gasteiger partial charge in [-0.15, -0.1) is 10.2 Å². The minimum atomic E-state index is -0.131. The number of aromatic nitrogens is 5. The minimum Gasteiger partial charge on any atom is -0.332 e. The highest BCUT2D eigenvalue weighted by atomic mass is 16.2. The molecule has 0 spiro atoms. The zero-order valence-electron chi connectivity index (χ0n) is 15.4. The fraction of sp³-hybridized carbons (Fsp3) is 0.556. The Hall–Kier alpha value is -2.84. The maximum absolute atomic E-state index is 12.6. The van der Waals surface area contributed by atoms with Gasteiger partial charge in [0, 0.05) is 32.3 Å². The van der Waals surface area contributed by atoms with Gasteiger partial charge in [-0.1, -0.05) is 6.92 Å². The third-order valence-electron chi connectivity index (χ3n) is 5.29. The Morgan fingerprint density at radius 1 is 1.19 bits per heavy atom. The fourth-order valence-corrected chi connectivity index (χ4v) is 3.88. The van der Waals surface area contributed by atoms with Crippen molar-refractivity contribution in [3.63, 3.8) is 0 Å². The second kappa shape index (κ2) is 7.42. The molecule has 9 heteroatoms. The molecule has 1 saturated heterocycles. The Kier molecular flexibility index (Phi) is 4.83. The van der Waals surface area contributed by atoms with Gasteiger partial charge in [0.1, 0.15) is 12.0 Å². The molecule has 2 amide bonds. The summed E-state index contributed by atoms with van der Waals surface area (Å²) in [5.41, 5.74) is 0.380. The SMILES string of the molecule is CCC(=O)N1CCCC[C@H]1c1nnc2n1CCN(C(=O)c1ccncn1)C2. The van der Waals surface area contributed by atoms with Crippen molar-refractivity contribution in [3.05, 3.63) is 35.9 Å². The Morgan fingerprint density at radius 2 is 2.07 bits per heavy atom. The van der Waals surface area contributed by atoms with E-state index in [-0.39, 0.29) is 17.9 Å². The minimum absolute atomic E-state index is 0.0171. The molecule has 4 rings (SSSR count). The van der Waals surface area contributed by atoms with Gasteiger partial charge in [-0.3, -0.25) is 9.59 Å². The lowest BCUT2D eigenvalue weighted by atomic mass is 10.0. The van der Waals surface area contributed by atoms with E-state index in [1.54, 1.807) is 17.2 Å². The zero-order valence-corrected chi connectivity index (χ0v) is 15.4. The van der Waals surface area contributed by atoms with E-state index in [1.807, 2.05) is 11.8 Å². The van der Waals surface area contributed by atoms with Crippen molar-refractivity contribution in [2.75, 3.05) is 13.1 Å². The van der Waals surface area contributed by atoms with Gasteiger partial charge >= 0.3 is 0 Å². The first kappa shape index (κ1) is 17.6. The van der Waals surface area contributed by atoms with Crippen LogP contribution in [-0.2, 0) is 17.9 Å². The lowest BCUT2D eigenvalue weighted by Gasteiger charge is -2.36. The van der Waals surface area contributed by atoms with E-state index in [0.717, 1.165) is 37.5 Å². The summed E-state index contributed by atoms with van der Waals surface area (Å²) in [7, 11) is 0. The summed E-state index contributed by atoms with van der Waals surface area (Å²) in [6.07, 6.45) is 6.46. The monoisotopic (exact) mass is 369 g/mol. The molecule has 0 radical (unpaired) electrons. The Balaban J connectivity index is 1.55. The largest absolute Gasteiger partial charge is 0.332 e. The van der Waals surface area contributed by atoms with Crippen LogP contribution in [-0.4, -0.2) is 59.4 Å². The Morgan fingerprint density at radius 3 is 2.85 bits per heavy atom. The number of hydrogen-bond donors (Lipinski definition) is 0. The molecule has 0 aliphatic carbocycles. The molecular weight excluding hydrogens is 346 g/mol. The van der Waals surface area contributed by atoms with Crippen LogP contribution in [0, 0.1) is 0 Å². The van der Waals surface area contributed by atoms with Crippen molar-refractivity contribution >= 4 is 11.8 Å². The van der Waals surface area contributed by atoms with Gasteiger partial charge in [-0.2, -0.15) is 0 Å². The summed E-state index contributed by atoms with van der Waals surface area (Å²) < 4.78 is 2.08. The van der Waals surface area contributed by atoms with Crippen LogP contribution in [0.25, 0.3) is 0 Å². The van der Waals surface area contributed by atoms with Crippen molar-refractivity contribution < 1.29 is 9.59 Å². The summed E-state index contributed by atoms with van der Waals surface area (Å²) in [6, 6.07) is 1.60. The molecular formula is C18H23N7O2. The highest BCUT2D eigenvalue weighted by Crippen LogP contribution is 2.31. The number of rotatable bonds is 3. The summed E-state index contributed by atoms with van der Waals surface area (Å²) in [5.74, 6) is 1.64. The Labute approximate surface area is 157 Å². The molecule has 2 aliphatic heterocycles. The molecule has 0 aromatic carbocycles. The van der Waals surface area contributed by atoms with Crippen molar-refractivity contribution in [2.45, 2.75) is 51.7 Å². The number of nitrogens with zero attached hydrogens (tertiary/aromatic N) is 7. The van der Waals surface area contributed by atoms with Crippen molar-refractivity contribution in [1.82, 2.24) is 34.5 Å². The molecule has 0 saturated carbocycles.